The molecule has 1 aliphatic heterocycles. The lowest BCUT2D eigenvalue weighted by molar-refractivity contribution is -0.681. The highest BCUT2D eigenvalue weighted by atomic mass is 16.5. The van der Waals surface area contributed by atoms with Crippen molar-refractivity contribution in [3.63, 3.8) is 0 Å². The first kappa shape index (κ1) is 37.6. The number of nitrogens with zero attached hydrogens (tertiary/aromatic N) is 12. The van der Waals surface area contributed by atoms with Gasteiger partial charge in [-0.05, 0) is 75.0 Å². The largest absolute Gasteiger partial charge is 0.494 e. The summed E-state index contributed by atoms with van der Waals surface area (Å²) in [5.74, 6) is 2.82. The van der Waals surface area contributed by atoms with Crippen molar-refractivity contribution in [1.82, 2.24) is 19.6 Å². The van der Waals surface area contributed by atoms with Gasteiger partial charge in [-0.1, -0.05) is 10.2 Å². The second-order valence-electron chi connectivity index (χ2n) is 10.9. The van der Waals surface area contributed by atoms with Crippen LogP contribution in [0.25, 0.3) is 0 Å². The molecule has 14 nitrogen and oxygen atoms in total. The predicted octanol–water partition coefficient (Wildman–Crippen LogP) is 6.59. The maximum atomic E-state index is 5.73. The molecule has 14 heteroatoms. The molecule has 1 fully saturated rings. The number of hydrogen-bond donors (Lipinski definition) is 0. The number of ether oxygens (including phenoxy) is 2. The van der Waals surface area contributed by atoms with Crippen LogP contribution in [-0.2, 0) is 26.2 Å². The van der Waals surface area contributed by atoms with Crippen LogP contribution in [0.15, 0.2) is 69.5 Å². The molecule has 3 heterocycles. The molecule has 0 spiro atoms. The van der Waals surface area contributed by atoms with Crippen molar-refractivity contribution in [2.75, 3.05) is 50.2 Å². The number of anilines is 2. The fraction of sp³-hybridized carbons (Fsp3) is 0.471. The van der Waals surface area contributed by atoms with Gasteiger partial charge in [-0.25, -0.2) is 9.13 Å². The molecule has 260 valence electrons. The third kappa shape index (κ3) is 8.33. The van der Waals surface area contributed by atoms with Crippen molar-refractivity contribution in [2.24, 2.45) is 20.5 Å². The van der Waals surface area contributed by atoms with Gasteiger partial charge in [0, 0.05) is 59.9 Å². The quantitative estimate of drug-likeness (QED) is 0.0962. The van der Waals surface area contributed by atoms with Crippen molar-refractivity contribution >= 4 is 34.6 Å². The molecule has 4 aromatic rings. The molecular formula is C34H52N12O2. The SMILES string of the molecule is CCn1nc[n+](CC)c1N=Nc1ccc(N2CCCN(c3ccc(N=Nc4n(CC)nc[n+]4CC)c(OC)c3)CCC2)cc1OC.[CH3-].[CH3-]. The van der Waals surface area contributed by atoms with E-state index in [1.165, 1.54) is 0 Å². The highest BCUT2D eigenvalue weighted by Gasteiger charge is 2.20. The zero-order valence-electron chi connectivity index (χ0n) is 29.9. The van der Waals surface area contributed by atoms with Gasteiger partial charge in [0.25, 0.3) is 0 Å². The number of methoxy groups -OCH3 is 2. The number of benzene rings is 2. The van der Waals surface area contributed by atoms with Gasteiger partial charge in [0.15, 0.2) is 0 Å². The fourth-order valence-corrected chi connectivity index (χ4v) is 5.60. The smallest absolute Gasteiger partial charge is 0.403 e. The highest BCUT2D eigenvalue weighted by Crippen LogP contribution is 2.35. The Bertz CT molecular complexity index is 1490. The summed E-state index contributed by atoms with van der Waals surface area (Å²) in [7, 11) is 3.35. The van der Waals surface area contributed by atoms with E-state index in [1.54, 1.807) is 26.9 Å². The molecule has 0 radical (unpaired) electrons. The van der Waals surface area contributed by atoms with E-state index < -0.39 is 0 Å². The topological polar surface area (TPSA) is 118 Å². The number of rotatable bonds is 12. The van der Waals surface area contributed by atoms with Crippen LogP contribution in [0.1, 0.15) is 40.5 Å². The summed E-state index contributed by atoms with van der Waals surface area (Å²) in [6, 6.07) is 12.3. The van der Waals surface area contributed by atoms with E-state index >= 15 is 0 Å². The van der Waals surface area contributed by atoms with E-state index in [-0.39, 0.29) is 14.9 Å². The third-order valence-electron chi connectivity index (χ3n) is 8.18. The summed E-state index contributed by atoms with van der Waals surface area (Å²) in [6.07, 6.45) is 5.57. The Morgan fingerprint density at radius 1 is 0.625 bits per heavy atom. The molecule has 2 aromatic carbocycles. The van der Waals surface area contributed by atoms with Crippen LogP contribution in [0, 0.1) is 14.9 Å². The second-order valence-corrected chi connectivity index (χ2v) is 10.9. The Morgan fingerprint density at radius 3 is 1.35 bits per heavy atom. The first-order valence-corrected chi connectivity index (χ1v) is 16.1. The van der Waals surface area contributed by atoms with Crippen LogP contribution >= 0.6 is 0 Å². The van der Waals surface area contributed by atoms with Gasteiger partial charge in [-0.3, -0.25) is 0 Å². The predicted molar refractivity (Wildman–Crippen MR) is 188 cm³/mol. The monoisotopic (exact) mass is 660 g/mol. The molecule has 0 N–H and O–H groups in total. The first-order chi connectivity index (χ1) is 22.5. The number of aromatic nitrogens is 6. The molecule has 1 aliphatic rings. The first-order valence-electron chi connectivity index (χ1n) is 16.1. The Balaban J connectivity index is 0.00000312. The molecule has 0 aliphatic carbocycles. The molecule has 5 rings (SSSR count). The summed E-state index contributed by atoms with van der Waals surface area (Å²) in [5, 5.41) is 26.8. The van der Waals surface area contributed by atoms with Crippen LogP contribution in [0.4, 0.5) is 34.6 Å². The van der Waals surface area contributed by atoms with E-state index in [0.29, 0.717) is 34.8 Å². The van der Waals surface area contributed by atoms with Gasteiger partial charge in [0.05, 0.1) is 40.4 Å². The lowest BCUT2D eigenvalue weighted by Gasteiger charge is -2.33. The van der Waals surface area contributed by atoms with Crippen LogP contribution in [-0.4, -0.2) is 60.0 Å². The second kappa shape index (κ2) is 17.9. The molecule has 1 saturated heterocycles. The zero-order valence-corrected chi connectivity index (χ0v) is 29.9. The van der Waals surface area contributed by atoms with E-state index in [1.807, 2.05) is 44.5 Å². The van der Waals surface area contributed by atoms with Gasteiger partial charge >= 0.3 is 11.9 Å². The number of hydrogen-bond acceptors (Lipinski definition) is 10. The molecule has 0 bridgehead atoms. The van der Waals surface area contributed by atoms with Crippen molar-refractivity contribution in [2.45, 2.75) is 66.7 Å². The third-order valence-corrected chi connectivity index (χ3v) is 8.18. The van der Waals surface area contributed by atoms with E-state index in [0.717, 1.165) is 76.6 Å². The minimum atomic E-state index is 0. The van der Waals surface area contributed by atoms with Crippen LogP contribution in [0.3, 0.4) is 0 Å². The molecule has 48 heavy (non-hydrogen) atoms. The Hall–Kier alpha value is -4.88. The summed E-state index contributed by atoms with van der Waals surface area (Å²) < 4.78 is 19.1. The van der Waals surface area contributed by atoms with Gasteiger partial charge < -0.3 is 34.1 Å². The van der Waals surface area contributed by atoms with Crippen LogP contribution in [0.2, 0.25) is 0 Å². The number of aryl methyl sites for hydroxylation is 4. The van der Waals surface area contributed by atoms with E-state index in [2.05, 4.69) is 78.6 Å². The molecular weight excluding hydrogens is 608 g/mol. The lowest BCUT2D eigenvalue weighted by atomic mass is 10.1. The normalized spacial score (nSPS) is 13.7. The van der Waals surface area contributed by atoms with Crippen molar-refractivity contribution < 1.29 is 18.6 Å². The van der Waals surface area contributed by atoms with Crippen molar-refractivity contribution in [3.05, 3.63) is 63.9 Å². The minimum Gasteiger partial charge on any atom is -0.494 e. The number of azo groups is 2. The molecule has 0 unspecified atom stereocenters. The van der Waals surface area contributed by atoms with Gasteiger partial charge in [0.1, 0.15) is 22.9 Å². The summed E-state index contributed by atoms with van der Waals surface area (Å²) in [5.41, 5.74) is 3.62. The lowest BCUT2D eigenvalue weighted by Crippen LogP contribution is -2.36. The van der Waals surface area contributed by atoms with Crippen molar-refractivity contribution in [1.29, 1.82) is 0 Å². The average molecular weight is 661 g/mol. The standard InChI is InChI=1S/C32H46N12O2.2CH3/c1-7-39-23-33-43(9-3)31(39)37-35-27-15-13-25(21-29(27)45-5)41-17-11-19-42(20-12-18-41)26-14-16-28(30(22-26)46-6)36-38-32-40(8-2)24-34-44(32)10-4;;/h13-16,21-24H,7-12,17-20H2,1-6H3;2*1H3/q+2;2*-1. The zero-order chi connectivity index (χ0) is 32.5. The van der Waals surface area contributed by atoms with Crippen LogP contribution < -0.4 is 28.4 Å². The van der Waals surface area contributed by atoms with E-state index in [4.69, 9.17) is 9.47 Å². The van der Waals surface area contributed by atoms with E-state index in [9.17, 15) is 0 Å². The Morgan fingerprint density at radius 2 is 1.02 bits per heavy atom. The van der Waals surface area contributed by atoms with Gasteiger partial charge in [-0.2, -0.15) is 0 Å². The van der Waals surface area contributed by atoms with Gasteiger partial charge in [-0.15, -0.1) is 9.36 Å². The Kier molecular flexibility index (Phi) is 14.0. The molecule has 0 atom stereocenters. The fourth-order valence-electron chi connectivity index (χ4n) is 5.60. The summed E-state index contributed by atoms with van der Waals surface area (Å²) >= 11 is 0. The maximum absolute atomic E-state index is 5.73. The average Bonchev–Trinajstić information content (AvgIpc) is 3.68. The minimum absolute atomic E-state index is 0. The van der Waals surface area contributed by atoms with Gasteiger partial charge in [0.2, 0.25) is 12.7 Å². The maximum Gasteiger partial charge on any atom is 0.403 e. The molecule has 0 amide bonds. The summed E-state index contributed by atoms with van der Waals surface area (Å²) in [6.45, 7) is 14.9. The molecule has 0 saturated carbocycles. The molecule has 2 aromatic heterocycles. The van der Waals surface area contributed by atoms with Crippen molar-refractivity contribution in [3.8, 4) is 11.5 Å². The Labute approximate surface area is 285 Å². The summed E-state index contributed by atoms with van der Waals surface area (Å²) in [4.78, 5) is 4.84. The highest BCUT2D eigenvalue weighted by molar-refractivity contribution is 5.63. The van der Waals surface area contributed by atoms with Crippen LogP contribution in [0.5, 0.6) is 11.5 Å².